The molecule has 0 unspecified atom stereocenters. The molecule has 0 aromatic heterocycles. The fraction of sp³-hybridized carbons (Fsp3) is 0.250. The predicted molar refractivity (Wildman–Crippen MR) is 91.0 cm³/mol. The molecule has 0 amide bonds. The average Bonchev–Trinajstić information content (AvgIpc) is 2.55. The van der Waals surface area contributed by atoms with Crippen LogP contribution in [-0.2, 0) is 10.0 Å². The fourth-order valence-corrected chi connectivity index (χ4v) is 3.81. The highest BCUT2D eigenvalue weighted by molar-refractivity contribution is 7.92. The van der Waals surface area contributed by atoms with E-state index in [9.17, 15) is 18.5 Å². The molecule has 0 bridgehead atoms. The van der Waals surface area contributed by atoms with Gasteiger partial charge < -0.3 is 4.74 Å². The van der Waals surface area contributed by atoms with Gasteiger partial charge >= 0.3 is 0 Å². The van der Waals surface area contributed by atoms with Crippen molar-refractivity contribution in [1.29, 1.82) is 0 Å². The smallest absolute Gasteiger partial charge is 0.273 e. The van der Waals surface area contributed by atoms with Gasteiger partial charge in [0.15, 0.2) is 0 Å². The van der Waals surface area contributed by atoms with Crippen LogP contribution in [0.15, 0.2) is 47.4 Å². The Labute approximate surface area is 140 Å². The van der Waals surface area contributed by atoms with E-state index in [1.54, 1.807) is 38.1 Å². The molecule has 0 saturated heterocycles. The second-order valence-electron chi connectivity index (χ2n) is 5.07. The van der Waals surface area contributed by atoms with Crippen molar-refractivity contribution >= 4 is 21.4 Å². The number of aryl methyl sites for hydroxylation is 1. The highest BCUT2D eigenvalue weighted by atomic mass is 32.2. The third-order valence-corrected chi connectivity index (χ3v) is 5.51. The van der Waals surface area contributed by atoms with Gasteiger partial charge in [0, 0.05) is 18.2 Å². The summed E-state index contributed by atoms with van der Waals surface area (Å²) in [7, 11) is -2.39. The Kier molecular flexibility index (Phi) is 5.08. The van der Waals surface area contributed by atoms with Gasteiger partial charge in [-0.1, -0.05) is 6.07 Å². The lowest BCUT2D eigenvalue weighted by molar-refractivity contribution is -0.385. The van der Waals surface area contributed by atoms with Gasteiger partial charge in [0.05, 0.1) is 22.6 Å². The molecule has 2 aromatic carbocycles. The maximum absolute atomic E-state index is 12.9. The number of nitro groups is 1. The summed E-state index contributed by atoms with van der Waals surface area (Å²) in [5.41, 5.74) is 0.648. The van der Waals surface area contributed by atoms with Crippen molar-refractivity contribution in [1.82, 2.24) is 0 Å². The molecule has 0 N–H and O–H groups in total. The number of methoxy groups -OCH3 is 1. The summed E-state index contributed by atoms with van der Waals surface area (Å²) >= 11 is 0. The van der Waals surface area contributed by atoms with Crippen molar-refractivity contribution in [2.75, 3.05) is 18.0 Å². The maximum Gasteiger partial charge on any atom is 0.273 e. The largest absolute Gasteiger partial charge is 0.497 e. The normalized spacial score (nSPS) is 11.1. The standard InChI is InChI=1S/C16H18N2O5S/c1-4-17(13-6-8-14(23-3)9-7-13)24(21,22)15-10-5-12(2)16(11-15)18(19)20/h5-11H,4H2,1-3H3. The van der Waals surface area contributed by atoms with Crippen LogP contribution < -0.4 is 9.04 Å². The molecule has 0 spiro atoms. The molecule has 2 rings (SSSR count). The number of benzene rings is 2. The first kappa shape index (κ1) is 17.7. The number of rotatable bonds is 6. The van der Waals surface area contributed by atoms with Crippen LogP contribution in [0.5, 0.6) is 5.75 Å². The Balaban J connectivity index is 2.50. The van der Waals surface area contributed by atoms with Gasteiger partial charge in [-0.3, -0.25) is 14.4 Å². The Hall–Kier alpha value is -2.61. The van der Waals surface area contributed by atoms with Crippen molar-refractivity contribution in [3.63, 3.8) is 0 Å². The summed E-state index contributed by atoms with van der Waals surface area (Å²) < 4.78 is 32.0. The minimum absolute atomic E-state index is 0.113. The molecule has 0 saturated carbocycles. The molecular formula is C16H18N2O5S. The number of nitrogens with zero attached hydrogens (tertiary/aromatic N) is 2. The molecule has 0 fully saturated rings. The Bertz CT molecular complexity index is 847. The molecule has 0 atom stereocenters. The van der Waals surface area contributed by atoms with E-state index in [1.165, 1.54) is 23.5 Å². The third-order valence-electron chi connectivity index (χ3n) is 3.61. The minimum atomic E-state index is -3.91. The molecule has 2 aromatic rings. The Morgan fingerprint density at radius 3 is 2.29 bits per heavy atom. The number of hydrogen-bond donors (Lipinski definition) is 0. The van der Waals surface area contributed by atoms with Crippen LogP contribution in [0.1, 0.15) is 12.5 Å². The number of nitro benzene ring substituents is 1. The lowest BCUT2D eigenvalue weighted by atomic mass is 10.2. The van der Waals surface area contributed by atoms with Crippen LogP contribution in [0.4, 0.5) is 11.4 Å². The zero-order chi connectivity index (χ0) is 17.9. The van der Waals surface area contributed by atoms with E-state index in [0.29, 0.717) is 17.0 Å². The second kappa shape index (κ2) is 6.88. The summed E-state index contributed by atoms with van der Waals surface area (Å²) in [5.74, 6) is 0.609. The summed E-state index contributed by atoms with van der Waals surface area (Å²) in [6, 6.07) is 10.5. The van der Waals surface area contributed by atoms with E-state index >= 15 is 0 Å². The number of hydrogen-bond acceptors (Lipinski definition) is 5. The Morgan fingerprint density at radius 2 is 1.79 bits per heavy atom. The monoisotopic (exact) mass is 350 g/mol. The minimum Gasteiger partial charge on any atom is -0.497 e. The molecule has 0 aliphatic rings. The van der Waals surface area contributed by atoms with Gasteiger partial charge in [-0.2, -0.15) is 0 Å². The van der Waals surface area contributed by atoms with Gasteiger partial charge in [0.2, 0.25) is 0 Å². The van der Waals surface area contributed by atoms with Gasteiger partial charge in [-0.15, -0.1) is 0 Å². The molecule has 7 nitrogen and oxygen atoms in total. The lowest BCUT2D eigenvalue weighted by Crippen LogP contribution is -2.30. The van der Waals surface area contributed by atoms with E-state index in [1.807, 2.05) is 0 Å². The highest BCUT2D eigenvalue weighted by Crippen LogP contribution is 2.28. The van der Waals surface area contributed by atoms with Crippen molar-refractivity contribution in [3.8, 4) is 5.75 Å². The topological polar surface area (TPSA) is 89.8 Å². The van der Waals surface area contributed by atoms with Gasteiger partial charge in [0.25, 0.3) is 15.7 Å². The van der Waals surface area contributed by atoms with E-state index < -0.39 is 14.9 Å². The molecule has 24 heavy (non-hydrogen) atoms. The van der Waals surface area contributed by atoms with Crippen LogP contribution in [0.3, 0.4) is 0 Å². The van der Waals surface area contributed by atoms with Crippen LogP contribution in [0.25, 0.3) is 0 Å². The molecular weight excluding hydrogens is 332 g/mol. The fourth-order valence-electron chi connectivity index (χ4n) is 2.31. The van der Waals surface area contributed by atoms with Crippen molar-refractivity contribution in [3.05, 3.63) is 58.1 Å². The van der Waals surface area contributed by atoms with E-state index in [0.717, 1.165) is 6.07 Å². The molecule has 8 heteroatoms. The van der Waals surface area contributed by atoms with Crippen LogP contribution in [0, 0.1) is 17.0 Å². The van der Waals surface area contributed by atoms with Gasteiger partial charge in [-0.25, -0.2) is 8.42 Å². The quantitative estimate of drug-likeness (QED) is 0.590. The Morgan fingerprint density at radius 1 is 1.17 bits per heavy atom. The summed E-state index contributed by atoms with van der Waals surface area (Å²) in [5, 5.41) is 11.1. The number of ether oxygens (including phenoxy) is 1. The first-order valence-corrected chi connectivity index (χ1v) is 8.67. The zero-order valence-electron chi connectivity index (χ0n) is 13.6. The van der Waals surface area contributed by atoms with Gasteiger partial charge in [-0.05, 0) is 44.2 Å². The molecule has 0 aliphatic heterocycles. The molecule has 0 radical (unpaired) electrons. The molecule has 0 heterocycles. The summed E-state index contributed by atoms with van der Waals surface area (Å²) in [4.78, 5) is 10.4. The van der Waals surface area contributed by atoms with E-state index in [-0.39, 0.29) is 17.1 Å². The first-order valence-electron chi connectivity index (χ1n) is 7.23. The molecule has 128 valence electrons. The zero-order valence-corrected chi connectivity index (χ0v) is 14.4. The maximum atomic E-state index is 12.9. The third kappa shape index (κ3) is 3.33. The number of anilines is 1. The highest BCUT2D eigenvalue weighted by Gasteiger charge is 2.26. The first-order chi connectivity index (χ1) is 11.3. The van der Waals surface area contributed by atoms with Crippen LogP contribution >= 0.6 is 0 Å². The summed E-state index contributed by atoms with van der Waals surface area (Å²) in [6.45, 7) is 3.45. The van der Waals surface area contributed by atoms with E-state index in [2.05, 4.69) is 0 Å². The number of sulfonamides is 1. The second-order valence-corrected chi connectivity index (χ2v) is 6.94. The van der Waals surface area contributed by atoms with Crippen LogP contribution in [0.2, 0.25) is 0 Å². The SMILES string of the molecule is CCN(c1ccc(OC)cc1)S(=O)(=O)c1ccc(C)c([N+](=O)[O-])c1. The summed E-state index contributed by atoms with van der Waals surface area (Å²) in [6.07, 6.45) is 0. The van der Waals surface area contributed by atoms with Gasteiger partial charge in [0.1, 0.15) is 5.75 Å². The van der Waals surface area contributed by atoms with Crippen molar-refractivity contribution in [2.45, 2.75) is 18.7 Å². The van der Waals surface area contributed by atoms with Crippen LogP contribution in [-0.4, -0.2) is 27.0 Å². The molecule has 0 aliphatic carbocycles. The van der Waals surface area contributed by atoms with Crippen molar-refractivity contribution < 1.29 is 18.1 Å². The average molecular weight is 350 g/mol. The van der Waals surface area contributed by atoms with E-state index in [4.69, 9.17) is 4.74 Å². The predicted octanol–water partition coefficient (Wildman–Crippen LogP) is 3.13. The lowest BCUT2D eigenvalue weighted by Gasteiger charge is -2.23. The van der Waals surface area contributed by atoms with Crippen molar-refractivity contribution in [2.24, 2.45) is 0 Å².